The van der Waals surface area contributed by atoms with Crippen LogP contribution in [0.25, 0.3) is 0 Å². The summed E-state index contributed by atoms with van der Waals surface area (Å²) >= 11 is 0. The first-order valence-corrected chi connectivity index (χ1v) is 5.96. The Hall–Kier alpha value is -1.71. The van der Waals surface area contributed by atoms with E-state index in [0.29, 0.717) is 17.4 Å². The van der Waals surface area contributed by atoms with E-state index < -0.39 is 0 Å². The van der Waals surface area contributed by atoms with Crippen LogP contribution >= 0.6 is 0 Å². The van der Waals surface area contributed by atoms with E-state index in [1.165, 1.54) is 19.3 Å². The molecule has 0 bridgehead atoms. The lowest BCUT2D eigenvalue weighted by Crippen LogP contribution is -2.23. The number of hydrogen-bond acceptors (Lipinski definition) is 2. The Kier molecular flexibility index (Phi) is 2.24. The molecule has 0 amide bonds. The number of benzene rings is 1. The van der Waals surface area contributed by atoms with E-state index in [1.807, 2.05) is 24.3 Å². The largest absolute Gasteiger partial charge is 0.497 e. The minimum absolute atomic E-state index is 0.466. The van der Waals surface area contributed by atoms with Crippen molar-refractivity contribution in [2.24, 2.45) is 16.1 Å². The van der Waals surface area contributed by atoms with E-state index in [1.54, 1.807) is 7.11 Å². The Morgan fingerprint density at radius 1 is 1.41 bits per heavy atom. The number of nitrogens with two attached hydrogens (primary N) is 1. The number of methoxy groups -OCH3 is 1. The maximum atomic E-state index is 5.87. The fourth-order valence-corrected chi connectivity index (χ4v) is 2.23. The summed E-state index contributed by atoms with van der Waals surface area (Å²) < 4.78 is 5.09. The van der Waals surface area contributed by atoms with E-state index in [-0.39, 0.29) is 0 Å². The average Bonchev–Trinajstić information content (AvgIpc) is 3.22. The van der Waals surface area contributed by atoms with Gasteiger partial charge >= 0.3 is 0 Å². The molecule has 0 saturated heterocycles. The van der Waals surface area contributed by atoms with Gasteiger partial charge in [0.05, 0.1) is 13.2 Å². The van der Waals surface area contributed by atoms with Crippen molar-refractivity contribution >= 4 is 11.6 Å². The highest BCUT2D eigenvalue weighted by Gasteiger charge is 2.63. The van der Waals surface area contributed by atoms with Crippen molar-refractivity contribution in [1.82, 2.24) is 0 Å². The second-order valence-corrected chi connectivity index (χ2v) is 4.95. The van der Waals surface area contributed by atoms with Gasteiger partial charge in [0.2, 0.25) is 0 Å². The lowest BCUT2D eigenvalue weighted by molar-refractivity contribution is 0.415. The number of nitrogens with zero attached hydrogens (tertiary/aromatic N) is 1. The third-order valence-electron chi connectivity index (χ3n) is 3.70. The van der Waals surface area contributed by atoms with Gasteiger partial charge in [-0.3, -0.25) is 0 Å². The molecule has 4 nitrogen and oxygen atoms in total. The quantitative estimate of drug-likeness (QED) is 0.617. The molecule has 17 heavy (non-hydrogen) atoms. The topological polar surface area (TPSA) is 59.6 Å². The fourth-order valence-electron chi connectivity index (χ4n) is 2.23. The summed E-state index contributed by atoms with van der Waals surface area (Å²) in [6, 6.07) is 8.12. The molecular weight excluding hydrogens is 214 g/mol. The Morgan fingerprint density at radius 3 is 2.65 bits per heavy atom. The molecule has 1 aromatic rings. The number of guanidine groups is 1. The lowest BCUT2D eigenvalue weighted by Gasteiger charge is -2.06. The number of aliphatic imine (C=N–C) groups is 1. The number of anilines is 1. The normalized spacial score (nSPS) is 24.5. The molecule has 2 fully saturated rings. The van der Waals surface area contributed by atoms with Crippen LogP contribution in [0.2, 0.25) is 0 Å². The van der Waals surface area contributed by atoms with Gasteiger partial charge in [-0.15, -0.1) is 0 Å². The van der Waals surface area contributed by atoms with Crippen LogP contribution in [-0.4, -0.2) is 19.1 Å². The summed E-state index contributed by atoms with van der Waals surface area (Å²) in [4.78, 5) is 4.49. The Balaban J connectivity index is 1.61. The molecule has 1 unspecified atom stereocenters. The first-order valence-electron chi connectivity index (χ1n) is 5.96. The molecule has 1 aromatic carbocycles. The van der Waals surface area contributed by atoms with Crippen molar-refractivity contribution in [2.45, 2.75) is 25.3 Å². The van der Waals surface area contributed by atoms with Crippen LogP contribution in [-0.2, 0) is 0 Å². The maximum Gasteiger partial charge on any atom is 0.193 e. The van der Waals surface area contributed by atoms with Crippen molar-refractivity contribution in [3.63, 3.8) is 0 Å². The number of ether oxygens (including phenoxy) is 1. The van der Waals surface area contributed by atoms with Crippen molar-refractivity contribution in [1.29, 1.82) is 0 Å². The summed E-state index contributed by atoms with van der Waals surface area (Å²) in [5, 5.41) is 3.10. The van der Waals surface area contributed by atoms with Crippen LogP contribution in [0.5, 0.6) is 5.75 Å². The average molecular weight is 231 g/mol. The smallest absolute Gasteiger partial charge is 0.193 e. The molecule has 0 heterocycles. The zero-order valence-corrected chi connectivity index (χ0v) is 9.94. The molecule has 2 aliphatic carbocycles. The number of hydrogen-bond donors (Lipinski definition) is 2. The van der Waals surface area contributed by atoms with Crippen LogP contribution in [0.4, 0.5) is 5.69 Å². The molecule has 1 spiro atoms. The molecule has 0 aliphatic heterocycles. The van der Waals surface area contributed by atoms with Gasteiger partial charge in [-0.2, -0.15) is 0 Å². The van der Waals surface area contributed by atoms with E-state index in [4.69, 9.17) is 10.5 Å². The summed E-state index contributed by atoms with van der Waals surface area (Å²) in [5.41, 5.74) is 7.38. The van der Waals surface area contributed by atoms with Gasteiger partial charge in [-0.25, -0.2) is 4.99 Å². The van der Waals surface area contributed by atoms with Gasteiger partial charge in [0.15, 0.2) is 5.96 Å². The van der Waals surface area contributed by atoms with Crippen LogP contribution < -0.4 is 15.8 Å². The number of nitrogens with one attached hydrogen (secondary N) is 1. The SMILES string of the molecule is COc1ccc(NC(N)=NC2CC23CC3)cc1. The molecular formula is C13H17N3O. The van der Waals surface area contributed by atoms with Crippen molar-refractivity contribution in [2.75, 3.05) is 12.4 Å². The van der Waals surface area contributed by atoms with Crippen molar-refractivity contribution < 1.29 is 4.74 Å². The molecule has 0 aromatic heterocycles. The first kappa shape index (κ1) is 10.4. The Morgan fingerprint density at radius 2 is 2.12 bits per heavy atom. The van der Waals surface area contributed by atoms with Gasteiger partial charge in [0.25, 0.3) is 0 Å². The van der Waals surface area contributed by atoms with Crippen molar-refractivity contribution in [3.05, 3.63) is 24.3 Å². The molecule has 90 valence electrons. The highest BCUT2D eigenvalue weighted by Crippen LogP contribution is 2.67. The third-order valence-corrected chi connectivity index (χ3v) is 3.70. The minimum atomic E-state index is 0.466. The van der Waals surface area contributed by atoms with Crippen LogP contribution in [0.3, 0.4) is 0 Å². The zero-order chi connectivity index (χ0) is 11.9. The molecule has 2 saturated carbocycles. The van der Waals surface area contributed by atoms with Gasteiger partial charge in [-0.05, 0) is 48.9 Å². The van der Waals surface area contributed by atoms with Gasteiger partial charge in [0, 0.05) is 5.69 Å². The zero-order valence-electron chi connectivity index (χ0n) is 9.94. The monoisotopic (exact) mass is 231 g/mol. The summed E-state index contributed by atoms with van der Waals surface area (Å²) in [6.45, 7) is 0. The predicted octanol–water partition coefficient (Wildman–Crippen LogP) is 1.97. The van der Waals surface area contributed by atoms with Crippen LogP contribution in [0.15, 0.2) is 29.3 Å². The van der Waals surface area contributed by atoms with E-state index in [0.717, 1.165) is 11.4 Å². The summed E-state index contributed by atoms with van der Waals surface area (Å²) in [5.74, 6) is 1.36. The molecule has 1 atom stereocenters. The molecule has 0 radical (unpaired) electrons. The standard InChI is InChI=1S/C13H17N3O/c1-17-10-4-2-9(3-5-10)15-12(14)16-11-8-13(11)6-7-13/h2-5,11H,6-8H2,1H3,(H3,14,15,16). The van der Waals surface area contributed by atoms with E-state index in [2.05, 4.69) is 10.3 Å². The van der Waals surface area contributed by atoms with Crippen molar-refractivity contribution in [3.8, 4) is 5.75 Å². The van der Waals surface area contributed by atoms with Gasteiger partial charge in [0.1, 0.15) is 5.75 Å². The van der Waals surface area contributed by atoms with Crippen LogP contribution in [0.1, 0.15) is 19.3 Å². The van der Waals surface area contributed by atoms with Gasteiger partial charge in [-0.1, -0.05) is 0 Å². The highest BCUT2D eigenvalue weighted by atomic mass is 16.5. The summed E-state index contributed by atoms with van der Waals surface area (Å²) in [6.07, 6.45) is 3.88. The molecule has 2 aliphatic rings. The van der Waals surface area contributed by atoms with E-state index in [9.17, 15) is 0 Å². The molecule has 4 heteroatoms. The molecule has 3 N–H and O–H groups in total. The lowest BCUT2D eigenvalue weighted by atomic mass is 10.3. The maximum absolute atomic E-state index is 5.87. The summed E-state index contributed by atoms with van der Waals surface area (Å²) in [7, 11) is 1.65. The fraction of sp³-hybridized carbons (Fsp3) is 0.462. The minimum Gasteiger partial charge on any atom is -0.497 e. The van der Waals surface area contributed by atoms with E-state index >= 15 is 0 Å². The number of rotatable bonds is 3. The molecule has 3 rings (SSSR count). The second kappa shape index (κ2) is 3.65. The van der Waals surface area contributed by atoms with Gasteiger partial charge < -0.3 is 15.8 Å². The Bertz CT molecular complexity index is 448. The highest BCUT2D eigenvalue weighted by molar-refractivity contribution is 5.92. The Labute approximate surface area is 101 Å². The third kappa shape index (κ3) is 2.07. The second-order valence-electron chi connectivity index (χ2n) is 4.95. The predicted molar refractivity (Wildman–Crippen MR) is 68.3 cm³/mol. The van der Waals surface area contributed by atoms with Crippen LogP contribution in [0, 0.1) is 5.41 Å². The first-order chi connectivity index (χ1) is 8.22.